The Bertz CT molecular complexity index is 471. The van der Waals surface area contributed by atoms with Gasteiger partial charge in [0, 0.05) is 17.7 Å². The Kier molecular flexibility index (Phi) is 3.11. The monoisotopic (exact) mass is 252 g/mol. The van der Waals surface area contributed by atoms with Crippen molar-refractivity contribution in [2.24, 2.45) is 5.73 Å². The summed E-state index contributed by atoms with van der Waals surface area (Å²) in [5, 5.41) is 0. The summed E-state index contributed by atoms with van der Waals surface area (Å²) < 4.78 is 11.0. The lowest BCUT2D eigenvalue weighted by Crippen LogP contribution is -2.33. The highest BCUT2D eigenvalue weighted by molar-refractivity contribution is 5.69. The Morgan fingerprint density at radius 3 is 2.67 bits per heavy atom. The molecule has 0 aliphatic carbocycles. The van der Waals surface area contributed by atoms with Gasteiger partial charge in [-0.05, 0) is 27.7 Å². The van der Waals surface area contributed by atoms with E-state index in [1.54, 1.807) is 4.90 Å². The van der Waals surface area contributed by atoms with Gasteiger partial charge in [0.1, 0.15) is 17.1 Å². The molecule has 2 rings (SSSR count). The molecule has 0 atom stereocenters. The highest BCUT2D eigenvalue weighted by atomic mass is 16.6. The van der Waals surface area contributed by atoms with Crippen LogP contribution in [0.15, 0.2) is 4.42 Å². The molecule has 0 aromatic carbocycles. The first-order valence-electron chi connectivity index (χ1n) is 6.10. The number of carbonyl (C=O) groups excluding carboxylic acids is 1. The molecule has 1 aliphatic rings. The fraction of sp³-hybridized carbons (Fsp3) is 0.615. The number of amides is 1. The molecule has 0 saturated heterocycles. The summed E-state index contributed by atoms with van der Waals surface area (Å²) in [6.45, 7) is 8.89. The summed E-state index contributed by atoms with van der Waals surface area (Å²) in [7, 11) is 0. The molecule has 0 saturated carbocycles. The number of hydrogen-bond donors (Lipinski definition) is 1. The highest BCUT2D eigenvalue weighted by Crippen LogP contribution is 2.31. The van der Waals surface area contributed by atoms with Crippen LogP contribution in [0.4, 0.5) is 4.79 Å². The second-order valence-electron chi connectivity index (χ2n) is 5.58. The Labute approximate surface area is 107 Å². The van der Waals surface area contributed by atoms with Crippen molar-refractivity contribution < 1.29 is 13.9 Å². The summed E-state index contributed by atoms with van der Waals surface area (Å²) >= 11 is 0. The highest BCUT2D eigenvalue weighted by Gasteiger charge is 2.32. The van der Waals surface area contributed by atoms with Crippen LogP contribution in [0.2, 0.25) is 0 Å². The quantitative estimate of drug-likeness (QED) is 0.832. The molecule has 0 radical (unpaired) electrons. The van der Waals surface area contributed by atoms with Crippen LogP contribution in [0, 0.1) is 6.92 Å². The van der Waals surface area contributed by atoms with E-state index in [1.807, 2.05) is 27.7 Å². The van der Waals surface area contributed by atoms with Crippen LogP contribution >= 0.6 is 0 Å². The first-order chi connectivity index (χ1) is 8.31. The van der Waals surface area contributed by atoms with Crippen LogP contribution in [0.25, 0.3) is 0 Å². The van der Waals surface area contributed by atoms with E-state index in [1.165, 1.54) is 0 Å². The van der Waals surface area contributed by atoms with E-state index < -0.39 is 5.60 Å². The smallest absolute Gasteiger partial charge is 0.411 e. The van der Waals surface area contributed by atoms with Gasteiger partial charge in [0.2, 0.25) is 0 Å². The largest absolute Gasteiger partial charge is 0.464 e. The van der Waals surface area contributed by atoms with Gasteiger partial charge in [-0.15, -0.1) is 0 Å². The molecule has 1 amide bonds. The third kappa shape index (κ3) is 2.36. The summed E-state index contributed by atoms with van der Waals surface area (Å²) in [5.74, 6) is 1.69. The summed E-state index contributed by atoms with van der Waals surface area (Å²) in [6, 6.07) is 0. The third-order valence-electron chi connectivity index (χ3n) is 2.94. The Balaban J connectivity index is 2.11. The van der Waals surface area contributed by atoms with E-state index in [9.17, 15) is 4.79 Å². The number of nitrogens with zero attached hydrogens (tertiary/aromatic N) is 1. The molecule has 0 unspecified atom stereocenters. The zero-order chi connectivity index (χ0) is 13.5. The molecule has 5 heteroatoms. The van der Waals surface area contributed by atoms with Crippen molar-refractivity contribution in [3.05, 3.63) is 22.6 Å². The number of ether oxygens (including phenoxy) is 1. The van der Waals surface area contributed by atoms with Crippen molar-refractivity contribution in [2.45, 2.75) is 52.9 Å². The van der Waals surface area contributed by atoms with Crippen molar-refractivity contribution in [1.29, 1.82) is 0 Å². The average Bonchev–Trinajstić information content (AvgIpc) is 2.71. The van der Waals surface area contributed by atoms with Gasteiger partial charge in [-0.2, -0.15) is 0 Å². The summed E-state index contributed by atoms with van der Waals surface area (Å²) in [5.41, 5.74) is 7.27. The summed E-state index contributed by atoms with van der Waals surface area (Å²) in [6.07, 6.45) is -0.311. The number of furan rings is 1. The minimum atomic E-state index is -0.479. The molecule has 1 aliphatic heterocycles. The average molecular weight is 252 g/mol. The molecule has 100 valence electrons. The van der Waals surface area contributed by atoms with Gasteiger partial charge in [0.05, 0.1) is 13.1 Å². The predicted octanol–water partition coefficient (Wildman–Crippen LogP) is 2.30. The zero-order valence-corrected chi connectivity index (χ0v) is 11.4. The normalized spacial score (nSPS) is 14.8. The van der Waals surface area contributed by atoms with Crippen molar-refractivity contribution in [3.8, 4) is 0 Å². The van der Waals surface area contributed by atoms with Crippen molar-refractivity contribution in [2.75, 3.05) is 0 Å². The standard InChI is InChI=1S/C13H20N2O3/c1-8-9(5-14)10-6-15(7-11(10)17-8)12(16)18-13(2,3)4/h5-7,14H2,1-4H3. The maximum Gasteiger partial charge on any atom is 0.411 e. The van der Waals surface area contributed by atoms with E-state index in [0.717, 1.165) is 22.6 Å². The molecule has 5 nitrogen and oxygen atoms in total. The molecular formula is C13H20N2O3. The molecule has 0 spiro atoms. The van der Waals surface area contributed by atoms with Crippen LogP contribution in [0.5, 0.6) is 0 Å². The van der Waals surface area contributed by atoms with Crippen LogP contribution < -0.4 is 5.73 Å². The number of rotatable bonds is 1. The van der Waals surface area contributed by atoms with Gasteiger partial charge in [-0.1, -0.05) is 0 Å². The van der Waals surface area contributed by atoms with Crippen molar-refractivity contribution in [1.82, 2.24) is 4.90 Å². The van der Waals surface area contributed by atoms with E-state index in [4.69, 9.17) is 14.9 Å². The third-order valence-corrected chi connectivity index (χ3v) is 2.94. The molecule has 1 aromatic rings. The number of hydrogen-bond acceptors (Lipinski definition) is 4. The van der Waals surface area contributed by atoms with Crippen LogP contribution in [0.1, 0.15) is 43.4 Å². The predicted molar refractivity (Wildman–Crippen MR) is 66.8 cm³/mol. The van der Waals surface area contributed by atoms with Crippen LogP contribution in [0.3, 0.4) is 0 Å². The van der Waals surface area contributed by atoms with Gasteiger partial charge in [-0.25, -0.2) is 4.79 Å². The lowest BCUT2D eigenvalue weighted by molar-refractivity contribution is 0.0233. The Morgan fingerprint density at radius 2 is 2.11 bits per heavy atom. The topological polar surface area (TPSA) is 68.7 Å². The van der Waals surface area contributed by atoms with Gasteiger partial charge in [-0.3, -0.25) is 4.90 Å². The molecule has 1 aromatic heterocycles. The van der Waals surface area contributed by atoms with Gasteiger partial charge in [0.15, 0.2) is 0 Å². The van der Waals surface area contributed by atoms with Gasteiger partial charge in [0.25, 0.3) is 0 Å². The zero-order valence-electron chi connectivity index (χ0n) is 11.4. The molecule has 2 heterocycles. The minimum absolute atomic E-state index is 0.311. The Morgan fingerprint density at radius 1 is 1.44 bits per heavy atom. The minimum Gasteiger partial charge on any atom is -0.464 e. The maximum absolute atomic E-state index is 11.9. The fourth-order valence-corrected chi connectivity index (χ4v) is 2.14. The van der Waals surface area contributed by atoms with Crippen molar-refractivity contribution >= 4 is 6.09 Å². The number of carbonyl (C=O) groups is 1. The number of nitrogens with two attached hydrogens (primary N) is 1. The maximum atomic E-state index is 11.9. The second kappa shape index (κ2) is 4.31. The molecule has 2 N–H and O–H groups in total. The van der Waals surface area contributed by atoms with Crippen LogP contribution in [-0.2, 0) is 24.4 Å². The van der Waals surface area contributed by atoms with Crippen molar-refractivity contribution in [3.63, 3.8) is 0 Å². The molecule has 18 heavy (non-hydrogen) atoms. The first-order valence-corrected chi connectivity index (χ1v) is 6.10. The van der Waals surface area contributed by atoms with E-state index in [0.29, 0.717) is 19.6 Å². The summed E-state index contributed by atoms with van der Waals surface area (Å²) in [4.78, 5) is 13.6. The second-order valence-corrected chi connectivity index (χ2v) is 5.58. The first kappa shape index (κ1) is 13.0. The molecular weight excluding hydrogens is 232 g/mol. The Hall–Kier alpha value is -1.49. The lowest BCUT2D eigenvalue weighted by Gasteiger charge is -2.24. The fourth-order valence-electron chi connectivity index (χ4n) is 2.14. The number of fused-ring (bicyclic) bond motifs is 1. The van der Waals surface area contributed by atoms with E-state index >= 15 is 0 Å². The van der Waals surface area contributed by atoms with Gasteiger partial charge >= 0.3 is 6.09 Å². The molecule has 0 fully saturated rings. The SMILES string of the molecule is Cc1oc2c(c1CN)CN(C(=O)OC(C)(C)C)C2. The number of aryl methyl sites for hydroxylation is 1. The lowest BCUT2D eigenvalue weighted by atomic mass is 10.1. The van der Waals surface area contributed by atoms with E-state index in [2.05, 4.69) is 0 Å². The van der Waals surface area contributed by atoms with Crippen LogP contribution in [-0.4, -0.2) is 16.6 Å². The molecule has 0 bridgehead atoms. The van der Waals surface area contributed by atoms with Gasteiger partial charge < -0.3 is 14.9 Å². The van der Waals surface area contributed by atoms with E-state index in [-0.39, 0.29) is 6.09 Å².